The Balaban J connectivity index is 2.41. The molecule has 0 saturated heterocycles. The smallest absolute Gasteiger partial charge is 0.0960 e. The first-order valence-electron chi connectivity index (χ1n) is 4.37. The van der Waals surface area contributed by atoms with Gasteiger partial charge in [-0.25, -0.2) is 0 Å². The third-order valence-corrected chi connectivity index (χ3v) is 1.83. The number of terminal acetylenes is 1. The SMILES string of the molecule is C#CCCCC(O)c1ccccn1. The molecule has 0 aliphatic heterocycles. The van der Waals surface area contributed by atoms with Crippen molar-refractivity contribution in [1.82, 2.24) is 4.98 Å². The van der Waals surface area contributed by atoms with Crippen molar-refractivity contribution in [3.63, 3.8) is 0 Å². The van der Waals surface area contributed by atoms with E-state index in [2.05, 4.69) is 10.9 Å². The highest BCUT2D eigenvalue weighted by Crippen LogP contribution is 2.15. The van der Waals surface area contributed by atoms with Gasteiger partial charge in [0.15, 0.2) is 0 Å². The van der Waals surface area contributed by atoms with E-state index in [1.165, 1.54) is 0 Å². The molecule has 0 saturated carbocycles. The molecule has 0 spiro atoms. The van der Waals surface area contributed by atoms with Gasteiger partial charge in [0.05, 0.1) is 11.8 Å². The van der Waals surface area contributed by atoms with Crippen LogP contribution in [0.15, 0.2) is 24.4 Å². The van der Waals surface area contributed by atoms with Crippen molar-refractivity contribution in [2.45, 2.75) is 25.4 Å². The van der Waals surface area contributed by atoms with Crippen molar-refractivity contribution < 1.29 is 5.11 Å². The monoisotopic (exact) mass is 175 g/mol. The third kappa shape index (κ3) is 3.27. The maximum atomic E-state index is 9.62. The van der Waals surface area contributed by atoms with Crippen LogP contribution in [0.3, 0.4) is 0 Å². The first-order valence-corrected chi connectivity index (χ1v) is 4.37. The zero-order chi connectivity index (χ0) is 9.52. The highest BCUT2D eigenvalue weighted by molar-refractivity contribution is 5.06. The number of hydrogen-bond donors (Lipinski definition) is 1. The Morgan fingerprint density at radius 1 is 1.54 bits per heavy atom. The number of aliphatic hydroxyl groups excluding tert-OH is 1. The summed E-state index contributed by atoms with van der Waals surface area (Å²) >= 11 is 0. The molecule has 1 aromatic rings. The average Bonchev–Trinajstić information content (AvgIpc) is 2.19. The van der Waals surface area contributed by atoms with Crippen molar-refractivity contribution in [2.75, 3.05) is 0 Å². The van der Waals surface area contributed by atoms with Crippen LogP contribution in [0, 0.1) is 12.3 Å². The lowest BCUT2D eigenvalue weighted by Crippen LogP contribution is -1.99. The molecule has 13 heavy (non-hydrogen) atoms. The molecule has 68 valence electrons. The number of unbranched alkanes of at least 4 members (excludes halogenated alkanes) is 1. The first-order chi connectivity index (χ1) is 6.34. The second kappa shape index (κ2) is 5.34. The van der Waals surface area contributed by atoms with Crippen molar-refractivity contribution in [1.29, 1.82) is 0 Å². The van der Waals surface area contributed by atoms with Crippen LogP contribution in [0.4, 0.5) is 0 Å². The van der Waals surface area contributed by atoms with Crippen LogP contribution in [0.25, 0.3) is 0 Å². The number of hydrogen-bond acceptors (Lipinski definition) is 2. The summed E-state index contributed by atoms with van der Waals surface area (Å²) in [5.74, 6) is 2.54. The Morgan fingerprint density at radius 3 is 3.00 bits per heavy atom. The van der Waals surface area contributed by atoms with E-state index >= 15 is 0 Å². The van der Waals surface area contributed by atoms with Crippen molar-refractivity contribution >= 4 is 0 Å². The lowest BCUT2D eigenvalue weighted by Gasteiger charge is -2.07. The maximum Gasteiger partial charge on any atom is 0.0960 e. The fraction of sp³-hybridized carbons (Fsp3) is 0.364. The Bertz CT molecular complexity index is 276. The minimum Gasteiger partial charge on any atom is -0.387 e. The summed E-state index contributed by atoms with van der Waals surface area (Å²) in [7, 11) is 0. The van der Waals surface area contributed by atoms with E-state index < -0.39 is 6.10 Å². The normalized spacial score (nSPS) is 12.0. The molecule has 1 rings (SSSR count). The first kappa shape index (κ1) is 9.76. The largest absolute Gasteiger partial charge is 0.387 e. The number of aromatic nitrogens is 1. The molecule has 2 heteroatoms. The molecule has 0 aliphatic carbocycles. The van der Waals surface area contributed by atoms with Crippen LogP contribution in [-0.4, -0.2) is 10.1 Å². The van der Waals surface area contributed by atoms with E-state index in [4.69, 9.17) is 6.42 Å². The fourth-order valence-electron chi connectivity index (χ4n) is 1.12. The summed E-state index contributed by atoms with van der Waals surface area (Å²) in [5.41, 5.74) is 0.722. The van der Waals surface area contributed by atoms with E-state index in [9.17, 15) is 5.11 Å². The fourth-order valence-corrected chi connectivity index (χ4v) is 1.12. The summed E-state index contributed by atoms with van der Waals surface area (Å²) < 4.78 is 0. The van der Waals surface area contributed by atoms with Crippen LogP contribution in [0.1, 0.15) is 31.1 Å². The highest BCUT2D eigenvalue weighted by Gasteiger charge is 2.06. The molecule has 1 unspecified atom stereocenters. The predicted octanol–water partition coefficient (Wildman–Crippen LogP) is 1.92. The van der Waals surface area contributed by atoms with Gasteiger partial charge in [0.1, 0.15) is 0 Å². The van der Waals surface area contributed by atoms with Crippen LogP contribution < -0.4 is 0 Å². The van der Waals surface area contributed by atoms with Crippen molar-refractivity contribution in [3.05, 3.63) is 30.1 Å². The van der Waals surface area contributed by atoms with Crippen LogP contribution >= 0.6 is 0 Å². The summed E-state index contributed by atoms with van der Waals surface area (Å²) in [4.78, 5) is 4.06. The molecule has 1 N–H and O–H groups in total. The topological polar surface area (TPSA) is 33.1 Å². The molecule has 1 aromatic heterocycles. The maximum absolute atomic E-state index is 9.62. The Morgan fingerprint density at radius 2 is 2.38 bits per heavy atom. The van der Waals surface area contributed by atoms with E-state index in [1.807, 2.05) is 18.2 Å². The lowest BCUT2D eigenvalue weighted by atomic mass is 10.1. The molecule has 0 radical (unpaired) electrons. The summed E-state index contributed by atoms with van der Waals surface area (Å²) in [5, 5.41) is 9.62. The van der Waals surface area contributed by atoms with E-state index in [1.54, 1.807) is 6.20 Å². The van der Waals surface area contributed by atoms with E-state index in [-0.39, 0.29) is 0 Å². The Kier molecular flexibility index (Phi) is 4.01. The highest BCUT2D eigenvalue weighted by atomic mass is 16.3. The zero-order valence-corrected chi connectivity index (χ0v) is 7.48. The van der Waals surface area contributed by atoms with Gasteiger partial charge in [-0.05, 0) is 25.0 Å². The summed E-state index contributed by atoms with van der Waals surface area (Å²) in [6, 6.07) is 5.52. The molecule has 0 aliphatic rings. The molecule has 2 nitrogen and oxygen atoms in total. The second-order valence-corrected chi connectivity index (χ2v) is 2.87. The van der Waals surface area contributed by atoms with E-state index in [0.717, 1.165) is 12.1 Å². The average molecular weight is 175 g/mol. The van der Waals surface area contributed by atoms with Gasteiger partial charge in [0.25, 0.3) is 0 Å². The Hall–Kier alpha value is -1.33. The number of aliphatic hydroxyl groups is 1. The molecule has 0 aromatic carbocycles. The van der Waals surface area contributed by atoms with Crippen LogP contribution in [0.2, 0.25) is 0 Å². The molecular formula is C11H13NO. The summed E-state index contributed by atoms with van der Waals surface area (Å²) in [6.45, 7) is 0. The Labute approximate surface area is 78.6 Å². The quantitative estimate of drug-likeness (QED) is 0.560. The van der Waals surface area contributed by atoms with Crippen LogP contribution in [0.5, 0.6) is 0 Å². The molecular weight excluding hydrogens is 162 g/mol. The second-order valence-electron chi connectivity index (χ2n) is 2.87. The number of nitrogens with zero attached hydrogens (tertiary/aromatic N) is 1. The van der Waals surface area contributed by atoms with Gasteiger partial charge in [0.2, 0.25) is 0 Å². The summed E-state index contributed by atoms with van der Waals surface area (Å²) in [6.07, 6.45) is 8.54. The molecule has 1 atom stereocenters. The lowest BCUT2D eigenvalue weighted by molar-refractivity contribution is 0.160. The van der Waals surface area contributed by atoms with Gasteiger partial charge < -0.3 is 5.11 Å². The third-order valence-electron chi connectivity index (χ3n) is 1.83. The number of rotatable bonds is 4. The molecule has 1 heterocycles. The van der Waals surface area contributed by atoms with Crippen molar-refractivity contribution in [3.8, 4) is 12.3 Å². The number of pyridine rings is 1. The minimum absolute atomic E-state index is 0.477. The molecule has 0 bridgehead atoms. The van der Waals surface area contributed by atoms with Gasteiger partial charge in [-0.1, -0.05) is 6.07 Å². The van der Waals surface area contributed by atoms with Gasteiger partial charge in [-0.2, -0.15) is 0 Å². The molecule has 0 fully saturated rings. The zero-order valence-electron chi connectivity index (χ0n) is 7.48. The standard InChI is InChI=1S/C11H13NO/c1-2-3-4-8-11(13)10-7-5-6-9-12-10/h1,5-7,9,11,13H,3-4,8H2. The van der Waals surface area contributed by atoms with Gasteiger partial charge in [-0.3, -0.25) is 4.98 Å². The van der Waals surface area contributed by atoms with Crippen molar-refractivity contribution in [2.24, 2.45) is 0 Å². The minimum atomic E-state index is -0.477. The van der Waals surface area contributed by atoms with E-state index in [0.29, 0.717) is 12.8 Å². The van der Waals surface area contributed by atoms with Crippen LogP contribution in [-0.2, 0) is 0 Å². The van der Waals surface area contributed by atoms with Gasteiger partial charge in [0, 0.05) is 12.6 Å². The van der Waals surface area contributed by atoms with Gasteiger partial charge >= 0.3 is 0 Å². The molecule has 0 amide bonds. The predicted molar refractivity (Wildman–Crippen MR) is 51.9 cm³/mol. The van der Waals surface area contributed by atoms with Gasteiger partial charge in [-0.15, -0.1) is 12.3 Å².